The van der Waals surface area contributed by atoms with E-state index in [-0.39, 0.29) is 11.7 Å². The van der Waals surface area contributed by atoms with Crippen LogP contribution in [0.25, 0.3) is 0 Å². The summed E-state index contributed by atoms with van der Waals surface area (Å²) in [4.78, 5) is 14.0. The van der Waals surface area contributed by atoms with E-state index in [0.29, 0.717) is 5.69 Å². The highest BCUT2D eigenvalue weighted by molar-refractivity contribution is 5.95. The zero-order valence-electron chi connectivity index (χ0n) is 14.1. The van der Waals surface area contributed by atoms with Crippen LogP contribution in [0.2, 0.25) is 0 Å². The number of rotatable bonds is 4. The molecule has 1 aliphatic heterocycles. The summed E-state index contributed by atoms with van der Waals surface area (Å²) in [6.07, 6.45) is 0. The first-order chi connectivity index (χ1) is 11.9. The lowest BCUT2D eigenvalue weighted by Gasteiger charge is -2.26. The summed E-state index contributed by atoms with van der Waals surface area (Å²) >= 11 is 0. The molecule has 1 fully saturated rings. The number of nitrogens with one attached hydrogen (secondary N) is 2. The minimum atomic E-state index is -1.51. The van der Waals surface area contributed by atoms with Crippen LogP contribution in [-0.4, -0.2) is 31.9 Å². The Morgan fingerprint density at radius 1 is 1.24 bits per heavy atom. The Morgan fingerprint density at radius 2 is 1.84 bits per heavy atom. The van der Waals surface area contributed by atoms with Crippen LogP contribution >= 0.6 is 0 Å². The Balaban J connectivity index is 2.10. The van der Waals surface area contributed by atoms with E-state index < -0.39 is 22.7 Å². The van der Waals surface area contributed by atoms with Crippen molar-refractivity contribution in [2.75, 3.05) is 19.5 Å². The standard InChI is InChI=1S/C17H17N5O3/c1-10(23)21-12-6-4-11(5-7-12)13-15(8-18)14(20)22-17(24-2,25-3)16(13,15)9-19/h4-7,13H,1-3H3,(H2,20,22)(H,21,23)/p+1/t13-,15-,16-/m1/s1. The fourth-order valence-corrected chi connectivity index (χ4v) is 4.08. The van der Waals surface area contributed by atoms with Crippen molar-refractivity contribution in [3.05, 3.63) is 29.8 Å². The van der Waals surface area contributed by atoms with Gasteiger partial charge in [-0.3, -0.25) is 10.5 Å². The van der Waals surface area contributed by atoms with Crippen LogP contribution in [0.4, 0.5) is 5.69 Å². The number of methoxy groups -OCH3 is 2. The number of hydrogen-bond acceptors (Lipinski definition) is 6. The monoisotopic (exact) mass is 340 g/mol. The average Bonchev–Trinajstić information content (AvgIpc) is 3.18. The Bertz CT molecular complexity index is 847. The topological polar surface area (TPSA) is 135 Å². The van der Waals surface area contributed by atoms with E-state index in [4.69, 9.17) is 15.2 Å². The maximum absolute atomic E-state index is 11.1. The molecule has 0 unspecified atom stereocenters. The summed E-state index contributed by atoms with van der Waals surface area (Å²) in [6, 6.07) is 11.4. The SMILES string of the molecule is COC1(OC)[NH+]=C(N)[C@@]2(C#N)[C@@H](c3ccc(NC(C)=O)cc3)[C@@]12C#N. The number of amides is 1. The van der Waals surface area contributed by atoms with Gasteiger partial charge >= 0.3 is 5.91 Å². The molecule has 8 heteroatoms. The summed E-state index contributed by atoms with van der Waals surface area (Å²) in [5.74, 6) is -2.07. The Morgan fingerprint density at radius 3 is 2.28 bits per heavy atom. The Kier molecular flexibility index (Phi) is 3.57. The van der Waals surface area contributed by atoms with Gasteiger partial charge in [-0.2, -0.15) is 10.5 Å². The van der Waals surface area contributed by atoms with Crippen molar-refractivity contribution in [3.63, 3.8) is 0 Å². The molecule has 25 heavy (non-hydrogen) atoms. The number of amidine groups is 1. The van der Waals surface area contributed by atoms with Crippen molar-refractivity contribution in [2.24, 2.45) is 16.6 Å². The average molecular weight is 340 g/mol. The maximum Gasteiger partial charge on any atom is 0.342 e. The number of benzene rings is 1. The highest BCUT2D eigenvalue weighted by Gasteiger charge is 2.96. The number of carbonyl (C=O) groups is 1. The van der Waals surface area contributed by atoms with Gasteiger partial charge in [0.15, 0.2) is 10.8 Å². The van der Waals surface area contributed by atoms with Gasteiger partial charge in [-0.1, -0.05) is 12.1 Å². The number of nitriles is 2. The summed E-state index contributed by atoms with van der Waals surface area (Å²) in [6.45, 7) is 1.42. The van der Waals surface area contributed by atoms with Crippen molar-refractivity contribution in [2.45, 2.75) is 18.8 Å². The lowest BCUT2D eigenvalue weighted by molar-refractivity contribution is -0.687. The molecule has 4 N–H and O–H groups in total. The molecule has 1 aromatic rings. The zero-order chi connectivity index (χ0) is 18.5. The number of hydrogen-bond donors (Lipinski definition) is 3. The number of nitrogens with two attached hydrogens (primary N) is 1. The van der Waals surface area contributed by atoms with Crippen molar-refractivity contribution >= 4 is 17.4 Å². The molecule has 1 aliphatic carbocycles. The molecule has 1 aromatic carbocycles. The second kappa shape index (κ2) is 5.28. The zero-order valence-corrected chi connectivity index (χ0v) is 14.1. The molecule has 3 rings (SSSR count). The lowest BCUT2D eigenvalue weighted by atomic mass is 9.93. The summed E-state index contributed by atoms with van der Waals surface area (Å²) in [5, 5.41) is 22.5. The summed E-state index contributed by atoms with van der Waals surface area (Å²) in [7, 11) is 2.79. The second-order valence-corrected chi connectivity index (χ2v) is 6.14. The van der Waals surface area contributed by atoms with Crippen LogP contribution in [0.15, 0.2) is 24.3 Å². The third kappa shape index (κ3) is 1.75. The maximum atomic E-state index is 11.1. The fraction of sp³-hybridized carbons (Fsp3) is 0.412. The van der Waals surface area contributed by atoms with Crippen LogP contribution in [0.3, 0.4) is 0 Å². The minimum Gasteiger partial charge on any atom is -0.326 e. The van der Waals surface area contributed by atoms with Gasteiger partial charge in [-0.15, -0.1) is 0 Å². The largest absolute Gasteiger partial charge is 0.342 e. The molecular formula is C17H18N5O3+. The predicted octanol–water partition coefficient (Wildman–Crippen LogP) is -0.840. The van der Waals surface area contributed by atoms with Gasteiger partial charge in [0.1, 0.15) is 0 Å². The molecule has 0 spiro atoms. The smallest absolute Gasteiger partial charge is 0.326 e. The van der Waals surface area contributed by atoms with E-state index in [1.165, 1.54) is 21.1 Å². The first-order valence-electron chi connectivity index (χ1n) is 7.60. The van der Waals surface area contributed by atoms with Gasteiger partial charge in [-0.05, 0) is 17.7 Å². The van der Waals surface area contributed by atoms with Crippen LogP contribution in [0, 0.1) is 33.5 Å². The van der Waals surface area contributed by atoms with Gasteiger partial charge < -0.3 is 14.8 Å². The molecular weight excluding hydrogens is 322 g/mol. The van der Waals surface area contributed by atoms with Crippen molar-refractivity contribution < 1.29 is 19.3 Å². The second-order valence-electron chi connectivity index (χ2n) is 6.14. The summed E-state index contributed by atoms with van der Waals surface area (Å²) in [5.41, 5.74) is 4.87. The number of anilines is 1. The summed E-state index contributed by atoms with van der Waals surface area (Å²) < 4.78 is 10.9. The third-order valence-electron chi connectivity index (χ3n) is 5.14. The van der Waals surface area contributed by atoms with E-state index in [1.54, 1.807) is 24.3 Å². The molecule has 8 nitrogen and oxygen atoms in total. The van der Waals surface area contributed by atoms with E-state index in [1.807, 2.05) is 0 Å². The van der Waals surface area contributed by atoms with Crippen molar-refractivity contribution in [1.82, 2.24) is 0 Å². The van der Waals surface area contributed by atoms with Gasteiger partial charge in [0.25, 0.3) is 5.84 Å². The molecule has 0 aromatic heterocycles. The number of nitrogens with zero attached hydrogens (tertiary/aromatic N) is 2. The Hall–Kier alpha value is -2.94. The molecule has 1 heterocycles. The fourth-order valence-electron chi connectivity index (χ4n) is 4.08. The normalized spacial score (nSPS) is 31.2. The molecule has 1 amide bonds. The van der Waals surface area contributed by atoms with E-state index in [2.05, 4.69) is 22.4 Å². The minimum absolute atomic E-state index is 0.149. The molecule has 1 saturated carbocycles. The number of ether oxygens (including phenoxy) is 2. The molecule has 0 radical (unpaired) electrons. The Labute approximate surface area is 144 Å². The first kappa shape index (κ1) is 16.9. The molecule has 3 atom stereocenters. The van der Waals surface area contributed by atoms with E-state index in [0.717, 1.165) is 5.56 Å². The third-order valence-corrected chi connectivity index (χ3v) is 5.14. The number of fused-ring (bicyclic) bond motifs is 1. The van der Waals surface area contributed by atoms with Gasteiger partial charge in [0, 0.05) is 32.7 Å². The van der Waals surface area contributed by atoms with Crippen molar-refractivity contribution in [1.29, 1.82) is 10.5 Å². The van der Waals surface area contributed by atoms with E-state index in [9.17, 15) is 15.3 Å². The lowest BCUT2D eigenvalue weighted by Crippen LogP contribution is -2.90. The predicted molar refractivity (Wildman–Crippen MR) is 86.5 cm³/mol. The first-order valence-corrected chi connectivity index (χ1v) is 7.60. The highest BCUT2D eigenvalue weighted by atomic mass is 16.7. The van der Waals surface area contributed by atoms with Gasteiger partial charge in [0.2, 0.25) is 5.91 Å². The number of carbonyl (C=O) groups excluding carboxylic acids is 1. The molecule has 0 bridgehead atoms. The van der Waals surface area contributed by atoms with Crippen molar-refractivity contribution in [3.8, 4) is 12.1 Å². The van der Waals surface area contributed by atoms with Crippen LogP contribution < -0.4 is 16.0 Å². The molecule has 2 aliphatic rings. The van der Waals surface area contributed by atoms with Crippen LogP contribution in [0.1, 0.15) is 18.4 Å². The molecule has 0 saturated heterocycles. The van der Waals surface area contributed by atoms with Crippen LogP contribution in [-0.2, 0) is 14.3 Å². The highest BCUT2D eigenvalue weighted by Crippen LogP contribution is 2.78. The molecule has 128 valence electrons. The van der Waals surface area contributed by atoms with E-state index >= 15 is 0 Å². The van der Waals surface area contributed by atoms with Gasteiger partial charge in [0.05, 0.1) is 12.1 Å². The van der Waals surface area contributed by atoms with Crippen LogP contribution in [0.5, 0.6) is 0 Å². The quantitative estimate of drug-likeness (QED) is 0.612. The van der Waals surface area contributed by atoms with Gasteiger partial charge in [-0.25, -0.2) is 4.99 Å².